The van der Waals surface area contributed by atoms with Gasteiger partial charge in [0.2, 0.25) is 5.91 Å². The summed E-state index contributed by atoms with van der Waals surface area (Å²) in [5.41, 5.74) is -1.42. The second kappa shape index (κ2) is 7.68. The molecule has 0 bridgehead atoms. The summed E-state index contributed by atoms with van der Waals surface area (Å²) >= 11 is 12.0. The highest BCUT2D eigenvalue weighted by Crippen LogP contribution is 2.57. The maximum Gasteiger partial charge on any atom is 0.321 e. The van der Waals surface area contributed by atoms with Crippen LogP contribution in [-0.2, 0) is 15.0 Å². The minimum atomic E-state index is -1.59. The molecule has 4 atom stereocenters. The van der Waals surface area contributed by atoms with Crippen molar-refractivity contribution >= 4 is 40.8 Å². The molecule has 2 aromatic carbocycles. The summed E-state index contributed by atoms with van der Waals surface area (Å²) in [6.07, 6.45) is 0.368. The average Bonchev–Trinajstić information content (AvgIpc) is 3.14. The first-order chi connectivity index (χ1) is 14.9. The SMILES string of the molecule is CC(C)(C)C[C@@H]1N[C@@H](C(=O)O)[C@H](c2cccc(Cl)c2F)C12C(=O)Nc1cc(Cl)c(F)cc12. The maximum atomic E-state index is 15.3. The molecule has 32 heavy (non-hydrogen) atoms. The lowest BCUT2D eigenvalue weighted by atomic mass is 9.62. The summed E-state index contributed by atoms with van der Waals surface area (Å²) in [5.74, 6) is -4.53. The van der Waals surface area contributed by atoms with E-state index in [9.17, 15) is 19.1 Å². The number of nitrogens with one attached hydrogen (secondary N) is 2. The Morgan fingerprint density at radius 3 is 2.50 bits per heavy atom. The Labute approximate surface area is 194 Å². The third-order valence-electron chi connectivity index (χ3n) is 6.28. The summed E-state index contributed by atoms with van der Waals surface area (Å²) in [7, 11) is 0. The number of carboxylic acid groups (broad SMARTS) is 1. The highest BCUT2D eigenvalue weighted by molar-refractivity contribution is 6.31. The highest BCUT2D eigenvalue weighted by Gasteiger charge is 2.66. The van der Waals surface area contributed by atoms with Gasteiger partial charge in [0.1, 0.15) is 23.1 Å². The van der Waals surface area contributed by atoms with E-state index >= 15 is 4.39 Å². The van der Waals surface area contributed by atoms with Gasteiger partial charge in [-0.3, -0.25) is 14.9 Å². The van der Waals surface area contributed by atoms with E-state index in [0.29, 0.717) is 6.42 Å². The van der Waals surface area contributed by atoms with Gasteiger partial charge in [-0.25, -0.2) is 8.78 Å². The van der Waals surface area contributed by atoms with Crippen molar-refractivity contribution in [3.05, 3.63) is 63.1 Å². The molecule has 1 amide bonds. The van der Waals surface area contributed by atoms with E-state index in [1.54, 1.807) is 0 Å². The van der Waals surface area contributed by atoms with Crippen LogP contribution in [0.2, 0.25) is 10.0 Å². The van der Waals surface area contributed by atoms with Crippen LogP contribution < -0.4 is 10.6 Å². The van der Waals surface area contributed by atoms with E-state index < -0.39 is 46.9 Å². The monoisotopic (exact) mass is 482 g/mol. The predicted molar refractivity (Wildman–Crippen MR) is 118 cm³/mol. The van der Waals surface area contributed by atoms with Crippen molar-refractivity contribution in [2.75, 3.05) is 5.32 Å². The molecule has 0 saturated carbocycles. The molecule has 9 heteroatoms. The second-order valence-electron chi connectivity index (χ2n) is 9.56. The summed E-state index contributed by atoms with van der Waals surface area (Å²) in [4.78, 5) is 26.0. The first kappa shape index (κ1) is 23.0. The Morgan fingerprint density at radius 2 is 1.88 bits per heavy atom. The van der Waals surface area contributed by atoms with Crippen molar-refractivity contribution in [3.8, 4) is 0 Å². The number of carbonyl (C=O) groups excluding carboxylic acids is 1. The van der Waals surface area contributed by atoms with Gasteiger partial charge in [0.15, 0.2) is 0 Å². The maximum absolute atomic E-state index is 15.3. The lowest BCUT2D eigenvalue weighted by molar-refractivity contribution is -0.139. The number of rotatable bonds is 3. The van der Waals surface area contributed by atoms with Crippen LogP contribution in [0.1, 0.15) is 44.2 Å². The fourth-order valence-corrected chi connectivity index (χ4v) is 5.50. The zero-order valence-corrected chi connectivity index (χ0v) is 19.1. The van der Waals surface area contributed by atoms with Crippen molar-refractivity contribution in [2.24, 2.45) is 5.41 Å². The summed E-state index contributed by atoms with van der Waals surface area (Å²) in [5, 5.41) is 15.5. The van der Waals surface area contributed by atoms with Crippen LogP contribution in [-0.4, -0.2) is 29.1 Å². The minimum absolute atomic E-state index is 0.0211. The average molecular weight is 483 g/mol. The molecule has 1 fully saturated rings. The number of halogens is 4. The van der Waals surface area contributed by atoms with E-state index in [0.717, 1.165) is 6.07 Å². The molecular formula is C23H22Cl2F2N2O3. The topological polar surface area (TPSA) is 78.4 Å². The Kier molecular flexibility index (Phi) is 5.51. The van der Waals surface area contributed by atoms with Crippen molar-refractivity contribution in [1.82, 2.24) is 5.32 Å². The molecule has 170 valence electrons. The molecule has 2 aromatic rings. The van der Waals surface area contributed by atoms with E-state index in [1.807, 2.05) is 20.8 Å². The largest absolute Gasteiger partial charge is 0.480 e. The number of anilines is 1. The van der Waals surface area contributed by atoms with Crippen molar-refractivity contribution < 1.29 is 23.5 Å². The zero-order valence-electron chi connectivity index (χ0n) is 17.6. The second-order valence-corrected chi connectivity index (χ2v) is 10.4. The lowest BCUT2D eigenvalue weighted by Crippen LogP contribution is -2.49. The first-order valence-corrected chi connectivity index (χ1v) is 10.9. The van der Waals surface area contributed by atoms with Gasteiger partial charge in [-0.1, -0.05) is 56.1 Å². The molecule has 1 saturated heterocycles. The number of amides is 1. The van der Waals surface area contributed by atoms with E-state index in [-0.39, 0.29) is 32.3 Å². The smallest absolute Gasteiger partial charge is 0.321 e. The van der Waals surface area contributed by atoms with Gasteiger partial charge < -0.3 is 10.4 Å². The van der Waals surface area contributed by atoms with Crippen LogP contribution in [0.25, 0.3) is 0 Å². The van der Waals surface area contributed by atoms with E-state index in [2.05, 4.69) is 10.6 Å². The lowest BCUT2D eigenvalue weighted by Gasteiger charge is -2.37. The van der Waals surface area contributed by atoms with Crippen molar-refractivity contribution in [2.45, 2.75) is 50.6 Å². The summed E-state index contributed by atoms with van der Waals surface area (Å²) in [6.45, 7) is 5.84. The molecule has 2 heterocycles. The van der Waals surface area contributed by atoms with Crippen LogP contribution in [0.3, 0.4) is 0 Å². The number of carboxylic acids is 1. The normalized spacial score (nSPS) is 27.0. The Hall–Kier alpha value is -2.22. The molecule has 4 rings (SSSR count). The van der Waals surface area contributed by atoms with Gasteiger partial charge in [0.25, 0.3) is 0 Å². The fraction of sp³-hybridized carbons (Fsp3) is 0.391. The molecule has 0 aromatic heterocycles. The van der Waals surface area contributed by atoms with Gasteiger partial charge in [0.05, 0.1) is 10.0 Å². The molecule has 1 spiro atoms. The van der Waals surface area contributed by atoms with Gasteiger partial charge in [-0.2, -0.15) is 0 Å². The molecule has 5 nitrogen and oxygen atoms in total. The molecule has 0 aliphatic carbocycles. The summed E-state index contributed by atoms with van der Waals surface area (Å²) < 4.78 is 29.9. The standard InChI is InChI=1S/C23H22Cl2F2N2O3/c1-22(2,3)9-16-23(11-7-14(26)13(25)8-15(11)28-21(23)32)17(19(29-16)20(30)31)10-5-4-6-12(24)18(10)27/h4-8,16-17,19,29H,9H2,1-3H3,(H,28,32)(H,30,31)/t16-,17-,19+,23?/m0/s1. The van der Waals surface area contributed by atoms with Gasteiger partial charge in [-0.05, 0) is 41.2 Å². The van der Waals surface area contributed by atoms with E-state index in [1.165, 1.54) is 24.3 Å². The number of hydrogen-bond donors (Lipinski definition) is 3. The van der Waals surface area contributed by atoms with E-state index in [4.69, 9.17) is 23.2 Å². The summed E-state index contributed by atoms with van der Waals surface area (Å²) in [6, 6.07) is 4.67. The van der Waals surface area contributed by atoms with Gasteiger partial charge in [0, 0.05) is 17.6 Å². The third-order valence-corrected chi connectivity index (χ3v) is 6.86. The molecular weight excluding hydrogens is 461 g/mol. The Bertz CT molecular complexity index is 1130. The number of benzene rings is 2. The molecule has 3 N–H and O–H groups in total. The number of fused-ring (bicyclic) bond motifs is 2. The van der Waals surface area contributed by atoms with Crippen LogP contribution >= 0.6 is 23.2 Å². The van der Waals surface area contributed by atoms with Crippen molar-refractivity contribution in [3.63, 3.8) is 0 Å². The first-order valence-electron chi connectivity index (χ1n) is 10.1. The highest BCUT2D eigenvalue weighted by atomic mass is 35.5. The predicted octanol–water partition coefficient (Wildman–Crippen LogP) is 5.11. The number of carbonyl (C=O) groups is 2. The fourth-order valence-electron chi connectivity index (χ4n) is 5.15. The quantitative estimate of drug-likeness (QED) is 0.568. The van der Waals surface area contributed by atoms with Crippen LogP contribution in [0, 0.1) is 17.0 Å². The molecule has 2 aliphatic heterocycles. The van der Waals surface area contributed by atoms with Crippen LogP contribution in [0.15, 0.2) is 30.3 Å². The zero-order chi connectivity index (χ0) is 23.6. The van der Waals surface area contributed by atoms with Crippen LogP contribution in [0.5, 0.6) is 0 Å². The number of hydrogen-bond acceptors (Lipinski definition) is 3. The van der Waals surface area contributed by atoms with Crippen LogP contribution in [0.4, 0.5) is 14.5 Å². The van der Waals surface area contributed by atoms with Gasteiger partial charge in [-0.15, -0.1) is 0 Å². The Morgan fingerprint density at radius 1 is 1.19 bits per heavy atom. The Balaban J connectivity index is 2.06. The van der Waals surface area contributed by atoms with Gasteiger partial charge >= 0.3 is 5.97 Å². The molecule has 2 aliphatic rings. The third kappa shape index (κ3) is 3.38. The minimum Gasteiger partial charge on any atom is -0.480 e. The molecule has 1 unspecified atom stereocenters. The number of aliphatic carboxylic acids is 1. The molecule has 0 radical (unpaired) electrons. The van der Waals surface area contributed by atoms with Crippen molar-refractivity contribution in [1.29, 1.82) is 0 Å².